The summed E-state index contributed by atoms with van der Waals surface area (Å²) in [6.07, 6.45) is -5.04. The molecule has 90 valence electrons. The van der Waals surface area contributed by atoms with Crippen molar-refractivity contribution in [3.8, 4) is 0 Å². The predicted molar refractivity (Wildman–Crippen MR) is 56.1 cm³/mol. The van der Waals surface area contributed by atoms with E-state index in [-0.39, 0.29) is 12.8 Å². The topological polar surface area (TPSA) is 20.2 Å². The Balaban J connectivity index is 2.24. The van der Waals surface area contributed by atoms with E-state index in [9.17, 15) is 18.3 Å². The number of halogens is 3. The summed E-state index contributed by atoms with van der Waals surface area (Å²) in [5.74, 6) is 0. The van der Waals surface area contributed by atoms with Crippen LogP contribution in [0.1, 0.15) is 24.8 Å². The highest BCUT2D eigenvalue weighted by atomic mass is 19.4. The summed E-state index contributed by atoms with van der Waals surface area (Å²) in [5, 5.41) is 9.53. The molecular weight excluding hydrogens is 217 g/mol. The van der Waals surface area contributed by atoms with Gasteiger partial charge in [0.1, 0.15) is 0 Å². The molecule has 0 amide bonds. The lowest BCUT2D eigenvalue weighted by Crippen LogP contribution is -2.13. The fourth-order valence-corrected chi connectivity index (χ4v) is 1.53. The first-order valence-electron chi connectivity index (χ1n) is 5.26. The second-order valence-corrected chi connectivity index (χ2v) is 3.85. The maximum Gasteiger partial charge on any atom is 0.389 e. The average molecular weight is 232 g/mol. The fraction of sp³-hybridized carbons (Fsp3) is 0.500. The van der Waals surface area contributed by atoms with Gasteiger partial charge in [-0.1, -0.05) is 30.3 Å². The lowest BCUT2D eigenvalue weighted by Gasteiger charge is -2.11. The van der Waals surface area contributed by atoms with E-state index in [1.807, 2.05) is 30.3 Å². The van der Waals surface area contributed by atoms with Gasteiger partial charge in [-0.25, -0.2) is 0 Å². The highest BCUT2D eigenvalue weighted by Crippen LogP contribution is 2.23. The summed E-state index contributed by atoms with van der Waals surface area (Å²) in [6.45, 7) is 0. The van der Waals surface area contributed by atoms with Crippen LogP contribution in [0.5, 0.6) is 0 Å². The van der Waals surface area contributed by atoms with Crippen LogP contribution in [-0.2, 0) is 6.42 Å². The Morgan fingerprint density at radius 3 is 2.31 bits per heavy atom. The molecular formula is C12H15F3O. The van der Waals surface area contributed by atoms with E-state index in [2.05, 4.69) is 0 Å². The SMILES string of the molecule is OC(CCCC(F)(F)F)Cc1ccccc1. The molecule has 1 aromatic rings. The average Bonchev–Trinajstić information content (AvgIpc) is 2.17. The van der Waals surface area contributed by atoms with Gasteiger partial charge in [0.15, 0.2) is 0 Å². The molecule has 0 aliphatic heterocycles. The highest BCUT2D eigenvalue weighted by Gasteiger charge is 2.26. The molecule has 0 spiro atoms. The van der Waals surface area contributed by atoms with Crippen LogP contribution >= 0.6 is 0 Å². The second kappa shape index (κ2) is 5.89. The summed E-state index contributed by atoms with van der Waals surface area (Å²) in [4.78, 5) is 0. The Kier molecular flexibility index (Phi) is 4.80. The van der Waals surface area contributed by atoms with Crippen LogP contribution in [0, 0.1) is 0 Å². The smallest absolute Gasteiger partial charge is 0.389 e. The van der Waals surface area contributed by atoms with E-state index in [1.54, 1.807) is 0 Å². The third-order valence-corrected chi connectivity index (χ3v) is 2.31. The molecule has 1 aromatic carbocycles. The van der Waals surface area contributed by atoms with Gasteiger partial charge in [0.2, 0.25) is 0 Å². The van der Waals surface area contributed by atoms with E-state index in [4.69, 9.17) is 0 Å². The molecule has 1 rings (SSSR count). The minimum atomic E-state index is -4.12. The zero-order chi connectivity index (χ0) is 12.0. The zero-order valence-corrected chi connectivity index (χ0v) is 8.87. The van der Waals surface area contributed by atoms with Gasteiger partial charge in [-0.05, 0) is 24.8 Å². The number of hydrogen-bond acceptors (Lipinski definition) is 1. The van der Waals surface area contributed by atoms with Crippen molar-refractivity contribution in [2.24, 2.45) is 0 Å². The first-order valence-corrected chi connectivity index (χ1v) is 5.26. The van der Waals surface area contributed by atoms with Gasteiger partial charge in [0.05, 0.1) is 6.10 Å². The Bertz CT molecular complexity index is 295. The minimum Gasteiger partial charge on any atom is -0.393 e. The van der Waals surface area contributed by atoms with E-state index < -0.39 is 18.7 Å². The molecule has 4 heteroatoms. The third-order valence-electron chi connectivity index (χ3n) is 2.31. The molecule has 0 aromatic heterocycles. The van der Waals surface area contributed by atoms with E-state index in [0.717, 1.165) is 5.56 Å². The molecule has 1 nitrogen and oxygen atoms in total. The van der Waals surface area contributed by atoms with Gasteiger partial charge in [-0.3, -0.25) is 0 Å². The largest absolute Gasteiger partial charge is 0.393 e. The molecule has 0 aliphatic carbocycles. The molecule has 1 N–H and O–H groups in total. The molecule has 0 bridgehead atoms. The normalized spacial score (nSPS) is 13.8. The molecule has 0 saturated heterocycles. The minimum absolute atomic E-state index is 0.0164. The molecule has 1 atom stereocenters. The first kappa shape index (κ1) is 13.0. The number of rotatable bonds is 5. The first-order chi connectivity index (χ1) is 7.47. The molecule has 0 saturated carbocycles. The summed E-state index contributed by atoms with van der Waals surface area (Å²) >= 11 is 0. The number of aliphatic hydroxyl groups excluding tert-OH is 1. The van der Waals surface area contributed by atoms with Crippen LogP contribution in [0.2, 0.25) is 0 Å². The van der Waals surface area contributed by atoms with Gasteiger partial charge >= 0.3 is 6.18 Å². The lowest BCUT2D eigenvalue weighted by atomic mass is 10.0. The van der Waals surface area contributed by atoms with Gasteiger partial charge in [-0.15, -0.1) is 0 Å². The standard InChI is InChI=1S/C12H15F3O/c13-12(14,15)8-4-7-11(16)9-10-5-2-1-3-6-10/h1-3,5-6,11,16H,4,7-9H2. The summed E-state index contributed by atoms with van der Waals surface area (Å²) in [6, 6.07) is 9.26. The maximum absolute atomic E-state index is 11.9. The van der Waals surface area contributed by atoms with E-state index in [0.29, 0.717) is 6.42 Å². The molecule has 0 heterocycles. The van der Waals surface area contributed by atoms with E-state index >= 15 is 0 Å². The van der Waals surface area contributed by atoms with Crippen molar-refractivity contribution in [2.75, 3.05) is 0 Å². The number of benzene rings is 1. The highest BCUT2D eigenvalue weighted by molar-refractivity contribution is 5.15. The molecule has 0 fully saturated rings. The Morgan fingerprint density at radius 2 is 1.75 bits per heavy atom. The summed E-state index contributed by atoms with van der Waals surface area (Å²) in [7, 11) is 0. The van der Waals surface area contributed by atoms with Crippen molar-refractivity contribution in [3.05, 3.63) is 35.9 Å². The van der Waals surface area contributed by atoms with Crippen molar-refractivity contribution < 1.29 is 18.3 Å². The van der Waals surface area contributed by atoms with E-state index in [1.165, 1.54) is 0 Å². The van der Waals surface area contributed by atoms with Crippen LogP contribution in [0.3, 0.4) is 0 Å². The van der Waals surface area contributed by atoms with Crippen molar-refractivity contribution in [1.82, 2.24) is 0 Å². The number of hydrogen-bond donors (Lipinski definition) is 1. The van der Waals surface area contributed by atoms with Gasteiger partial charge in [0.25, 0.3) is 0 Å². The molecule has 0 radical (unpaired) electrons. The van der Waals surface area contributed by atoms with Crippen molar-refractivity contribution in [2.45, 2.75) is 38.0 Å². The summed E-state index contributed by atoms with van der Waals surface area (Å²) in [5.41, 5.74) is 0.946. The predicted octanol–water partition coefficient (Wildman–Crippen LogP) is 3.32. The Labute approximate surface area is 92.9 Å². The molecule has 16 heavy (non-hydrogen) atoms. The van der Waals surface area contributed by atoms with Crippen LogP contribution in [0.15, 0.2) is 30.3 Å². The number of aliphatic hydroxyl groups is 1. The Hall–Kier alpha value is -1.03. The second-order valence-electron chi connectivity index (χ2n) is 3.85. The van der Waals surface area contributed by atoms with Crippen LogP contribution in [0.25, 0.3) is 0 Å². The van der Waals surface area contributed by atoms with Crippen LogP contribution < -0.4 is 0 Å². The lowest BCUT2D eigenvalue weighted by molar-refractivity contribution is -0.136. The number of alkyl halides is 3. The molecule has 1 unspecified atom stereocenters. The monoisotopic (exact) mass is 232 g/mol. The fourth-order valence-electron chi connectivity index (χ4n) is 1.53. The van der Waals surface area contributed by atoms with Gasteiger partial charge in [0, 0.05) is 6.42 Å². The zero-order valence-electron chi connectivity index (χ0n) is 8.87. The quantitative estimate of drug-likeness (QED) is 0.825. The van der Waals surface area contributed by atoms with Gasteiger partial charge < -0.3 is 5.11 Å². The van der Waals surface area contributed by atoms with Crippen molar-refractivity contribution in [1.29, 1.82) is 0 Å². The van der Waals surface area contributed by atoms with Crippen LogP contribution in [-0.4, -0.2) is 17.4 Å². The maximum atomic E-state index is 11.9. The Morgan fingerprint density at radius 1 is 1.12 bits per heavy atom. The summed E-state index contributed by atoms with van der Waals surface area (Å²) < 4.78 is 35.6. The molecule has 0 aliphatic rings. The third kappa shape index (κ3) is 5.75. The van der Waals surface area contributed by atoms with Gasteiger partial charge in [-0.2, -0.15) is 13.2 Å². The van der Waals surface area contributed by atoms with Crippen LogP contribution in [0.4, 0.5) is 13.2 Å². The van der Waals surface area contributed by atoms with Crippen molar-refractivity contribution in [3.63, 3.8) is 0 Å². The van der Waals surface area contributed by atoms with Crippen molar-refractivity contribution >= 4 is 0 Å².